The molecule has 0 atom stereocenters. The van der Waals surface area contributed by atoms with Crippen molar-refractivity contribution in [1.29, 1.82) is 0 Å². The number of rotatable bonds is 0. The second kappa shape index (κ2) is 2.13. The SMILES string of the molecule is CC1=C(C)COC(O)=C1. The second-order valence-corrected chi connectivity index (χ2v) is 2.23. The summed E-state index contributed by atoms with van der Waals surface area (Å²) in [6, 6.07) is 0. The van der Waals surface area contributed by atoms with Gasteiger partial charge >= 0.3 is 0 Å². The van der Waals surface area contributed by atoms with E-state index in [1.165, 1.54) is 5.57 Å². The zero-order chi connectivity index (χ0) is 6.85. The normalized spacial score (nSPS) is 19.1. The van der Waals surface area contributed by atoms with E-state index in [2.05, 4.69) is 0 Å². The van der Waals surface area contributed by atoms with E-state index in [9.17, 15) is 0 Å². The summed E-state index contributed by atoms with van der Waals surface area (Å²) in [6.45, 7) is 4.46. The van der Waals surface area contributed by atoms with Crippen LogP contribution in [0.15, 0.2) is 23.2 Å². The lowest BCUT2D eigenvalue weighted by Gasteiger charge is -2.11. The average molecular weight is 126 g/mol. The average Bonchev–Trinajstić information content (AvgIpc) is 1.80. The van der Waals surface area contributed by atoms with Crippen molar-refractivity contribution in [2.45, 2.75) is 13.8 Å². The van der Waals surface area contributed by atoms with E-state index in [4.69, 9.17) is 9.84 Å². The Morgan fingerprint density at radius 1 is 1.56 bits per heavy atom. The molecule has 0 saturated carbocycles. The molecular formula is C7H10O2. The second-order valence-electron chi connectivity index (χ2n) is 2.23. The molecule has 2 heteroatoms. The first-order valence-corrected chi connectivity index (χ1v) is 2.90. The Morgan fingerprint density at radius 3 is 2.67 bits per heavy atom. The van der Waals surface area contributed by atoms with Crippen LogP contribution in [-0.4, -0.2) is 11.7 Å². The van der Waals surface area contributed by atoms with Crippen LogP contribution in [0.4, 0.5) is 0 Å². The molecule has 0 aromatic carbocycles. The minimum absolute atomic E-state index is 0.0260. The molecule has 9 heavy (non-hydrogen) atoms. The van der Waals surface area contributed by atoms with Crippen LogP contribution in [0.3, 0.4) is 0 Å². The molecule has 0 radical (unpaired) electrons. The zero-order valence-corrected chi connectivity index (χ0v) is 5.64. The fourth-order valence-electron chi connectivity index (χ4n) is 0.646. The third-order valence-corrected chi connectivity index (χ3v) is 1.45. The van der Waals surface area contributed by atoms with Gasteiger partial charge in [-0.2, -0.15) is 0 Å². The molecule has 0 fully saturated rings. The van der Waals surface area contributed by atoms with E-state index >= 15 is 0 Å². The maximum Gasteiger partial charge on any atom is 0.277 e. The first-order valence-electron chi connectivity index (χ1n) is 2.90. The fraction of sp³-hybridized carbons (Fsp3) is 0.429. The van der Waals surface area contributed by atoms with Crippen molar-refractivity contribution in [3.05, 3.63) is 23.2 Å². The van der Waals surface area contributed by atoms with Crippen LogP contribution in [0.2, 0.25) is 0 Å². The van der Waals surface area contributed by atoms with Gasteiger partial charge in [-0.1, -0.05) is 0 Å². The molecule has 0 bridgehead atoms. The van der Waals surface area contributed by atoms with Crippen LogP contribution < -0.4 is 0 Å². The van der Waals surface area contributed by atoms with Gasteiger partial charge in [-0.05, 0) is 25.0 Å². The highest BCUT2D eigenvalue weighted by molar-refractivity contribution is 5.25. The van der Waals surface area contributed by atoms with Gasteiger partial charge in [0.25, 0.3) is 5.95 Å². The van der Waals surface area contributed by atoms with Crippen molar-refractivity contribution < 1.29 is 9.84 Å². The van der Waals surface area contributed by atoms with Gasteiger partial charge in [-0.3, -0.25) is 0 Å². The molecule has 2 nitrogen and oxygen atoms in total. The lowest BCUT2D eigenvalue weighted by atomic mass is 10.1. The highest BCUT2D eigenvalue weighted by atomic mass is 16.6. The summed E-state index contributed by atoms with van der Waals surface area (Å²) in [6.07, 6.45) is 1.62. The fourth-order valence-corrected chi connectivity index (χ4v) is 0.646. The van der Waals surface area contributed by atoms with E-state index in [0.717, 1.165) is 5.57 Å². The topological polar surface area (TPSA) is 29.5 Å². The van der Waals surface area contributed by atoms with Gasteiger partial charge in [-0.25, -0.2) is 0 Å². The number of allylic oxidation sites excluding steroid dienone is 2. The lowest BCUT2D eigenvalue weighted by molar-refractivity contribution is 0.103. The smallest absolute Gasteiger partial charge is 0.277 e. The third-order valence-electron chi connectivity index (χ3n) is 1.45. The maximum atomic E-state index is 8.80. The quantitative estimate of drug-likeness (QED) is 0.535. The summed E-state index contributed by atoms with van der Waals surface area (Å²) < 4.78 is 4.82. The lowest BCUT2D eigenvalue weighted by Crippen LogP contribution is -2.02. The van der Waals surface area contributed by atoms with E-state index in [-0.39, 0.29) is 5.95 Å². The van der Waals surface area contributed by atoms with Gasteiger partial charge in [0.15, 0.2) is 0 Å². The van der Waals surface area contributed by atoms with Crippen molar-refractivity contribution in [1.82, 2.24) is 0 Å². The predicted octanol–water partition coefficient (Wildman–Crippen LogP) is 1.75. The molecule has 0 aliphatic carbocycles. The van der Waals surface area contributed by atoms with Gasteiger partial charge in [0.2, 0.25) is 0 Å². The largest absolute Gasteiger partial charge is 0.481 e. The Labute approximate surface area is 54.5 Å². The monoisotopic (exact) mass is 126 g/mol. The molecule has 1 heterocycles. The van der Waals surface area contributed by atoms with Crippen LogP contribution in [0.25, 0.3) is 0 Å². The van der Waals surface area contributed by atoms with Crippen LogP contribution >= 0.6 is 0 Å². The molecule has 0 aromatic rings. The first kappa shape index (κ1) is 6.20. The van der Waals surface area contributed by atoms with Crippen molar-refractivity contribution >= 4 is 0 Å². The van der Waals surface area contributed by atoms with E-state index < -0.39 is 0 Å². The van der Waals surface area contributed by atoms with E-state index in [0.29, 0.717) is 6.61 Å². The summed E-state index contributed by atoms with van der Waals surface area (Å²) in [5.74, 6) is 0.0260. The van der Waals surface area contributed by atoms with E-state index in [1.807, 2.05) is 13.8 Å². The predicted molar refractivity (Wildman–Crippen MR) is 35.0 cm³/mol. The maximum absolute atomic E-state index is 8.80. The number of aliphatic hydroxyl groups excluding tert-OH is 1. The molecule has 0 aromatic heterocycles. The Morgan fingerprint density at radius 2 is 2.22 bits per heavy atom. The standard InChI is InChI=1S/C7H10O2/c1-5-3-7(8)9-4-6(5)2/h3,8H,4H2,1-2H3. The minimum Gasteiger partial charge on any atom is -0.481 e. The van der Waals surface area contributed by atoms with Crippen molar-refractivity contribution in [3.63, 3.8) is 0 Å². The summed E-state index contributed by atoms with van der Waals surface area (Å²) in [5, 5.41) is 8.80. The Hall–Kier alpha value is -0.920. The summed E-state index contributed by atoms with van der Waals surface area (Å²) in [4.78, 5) is 0. The highest BCUT2D eigenvalue weighted by Crippen LogP contribution is 2.13. The van der Waals surface area contributed by atoms with Gasteiger partial charge in [-0.15, -0.1) is 0 Å². The van der Waals surface area contributed by atoms with Crippen molar-refractivity contribution in [3.8, 4) is 0 Å². The van der Waals surface area contributed by atoms with Gasteiger partial charge in [0, 0.05) is 6.08 Å². The van der Waals surface area contributed by atoms with E-state index in [1.54, 1.807) is 6.08 Å². The van der Waals surface area contributed by atoms with Crippen molar-refractivity contribution in [2.24, 2.45) is 0 Å². The molecule has 0 amide bonds. The zero-order valence-electron chi connectivity index (χ0n) is 5.64. The van der Waals surface area contributed by atoms with Crippen LogP contribution in [0.5, 0.6) is 0 Å². The van der Waals surface area contributed by atoms with Crippen LogP contribution in [0, 0.1) is 0 Å². The summed E-state index contributed by atoms with van der Waals surface area (Å²) in [7, 11) is 0. The van der Waals surface area contributed by atoms with Gasteiger partial charge in [0.1, 0.15) is 6.61 Å². The molecule has 1 N–H and O–H groups in total. The Kier molecular flexibility index (Phi) is 1.47. The van der Waals surface area contributed by atoms with Crippen molar-refractivity contribution in [2.75, 3.05) is 6.61 Å². The molecule has 1 rings (SSSR count). The molecule has 0 saturated heterocycles. The van der Waals surface area contributed by atoms with Crippen LogP contribution in [0.1, 0.15) is 13.8 Å². The third kappa shape index (κ3) is 1.25. The first-order chi connectivity index (χ1) is 4.20. The summed E-state index contributed by atoms with van der Waals surface area (Å²) in [5.41, 5.74) is 2.27. The molecule has 1 aliphatic heterocycles. The molecule has 0 spiro atoms. The molecule has 0 unspecified atom stereocenters. The molecule has 1 aliphatic rings. The molecular weight excluding hydrogens is 116 g/mol. The Bertz CT molecular complexity index is 177. The number of hydrogen-bond acceptors (Lipinski definition) is 2. The minimum atomic E-state index is 0.0260. The highest BCUT2D eigenvalue weighted by Gasteiger charge is 2.04. The molecule has 50 valence electrons. The van der Waals surface area contributed by atoms with Gasteiger partial charge in [0.05, 0.1) is 0 Å². The number of aliphatic hydroxyl groups is 1. The number of hydrogen-bond donors (Lipinski definition) is 1. The Balaban J connectivity index is 2.83. The number of ether oxygens (including phenoxy) is 1. The van der Waals surface area contributed by atoms with Crippen LogP contribution in [-0.2, 0) is 4.74 Å². The van der Waals surface area contributed by atoms with Gasteiger partial charge < -0.3 is 9.84 Å². The summed E-state index contributed by atoms with van der Waals surface area (Å²) >= 11 is 0.